The maximum absolute atomic E-state index is 12.3. The van der Waals surface area contributed by atoms with Gasteiger partial charge in [0.05, 0.1) is 4.90 Å². The molecule has 1 aromatic heterocycles. The van der Waals surface area contributed by atoms with Crippen LogP contribution in [-0.4, -0.2) is 20.5 Å². The summed E-state index contributed by atoms with van der Waals surface area (Å²) in [7, 11) is -3.99. The molecule has 0 spiro atoms. The van der Waals surface area contributed by atoms with Crippen LogP contribution in [0.4, 0.5) is 18.2 Å². The second-order valence-corrected chi connectivity index (χ2v) is 6.72. The van der Waals surface area contributed by atoms with E-state index in [1.165, 1.54) is 29.6 Å². The highest BCUT2D eigenvalue weighted by atomic mass is 32.2. The Balaban J connectivity index is 2.40. The quantitative estimate of drug-likeness (QED) is 0.937. The van der Waals surface area contributed by atoms with Crippen molar-refractivity contribution in [3.8, 4) is 0 Å². The van der Waals surface area contributed by atoms with E-state index in [0.717, 1.165) is 6.07 Å². The highest BCUT2D eigenvalue weighted by molar-refractivity contribution is 7.91. The minimum absolute atomic E-state index is 0.0640. The molecule has 1 N–H and O–H groups in total. The SMILES string of the molecule is O=C(Nc1sccc1S(=O)(=O)c1ccccc1)C(F)(F)F. The molecule has 2 rings (SSSR count). The molecule has 0 saturated heterocycles. The van der Waals surface area contributed by atoms with E-state index in [-0.39, 0.29) is 14.8 Å². The fourth-order valence-corrected chi connectivity index (χ4v) is 4.05. The largest absolute Gasteiger partial charge is 0.471 e. The summed E-state index contributed by atoms with van der Waals surface area (Å²) in [5, 5.41) is 2.52. The van der Waals surface area contributed by atoms with E-state index >= 15 is 0 Å². The van der Waals surface area contributed by atoms with E-state index < -0.39 is 21.9 Å². The van der Waals surface area contributed by atoms with Crippen molar-refractivity contribution in [1.82, 2.24) is 0 Å². The van der Waals surface area contributed by atoms with Crippen LogP contribution in [-0.2, 0) is 14.6 Å². The Labute approximate surface area is 122 Å². The van der Waals surface area contributed by atoms with Crippen molar-refractivity contribution in [2.24, 2.45) is 0 Å². The minimum atomic E-state index is -5.09. The fraction of sp³-hybridized carbons (Fsp3) is 0.0833. The minimum Gasteiger partial charge on any atom is -0.309 e. The van der Waals surface area contributed by atoms with E-state index in [9.17, 15) is 26.4 Å². The van der Waals surface area contributed by atoms with Gasteiger partial charge in [0.25, 0.3) is 0 Å². The Kier molecular flexibility index (Phi) is 4.06. The number of amides is 1. The van der Waals surface area contributed by atoms with Gasteiger partial charge in [-0.25, -0.2) is 8.42 Å². The van der Waals surface area contributed by atoms with E-state index in [0.29, 0.717) is 11.3 Å². The summed E-state index contributed by atoms with van der Waals surface area (Å²) < 4.78 is 61.3. The van der Waals surface area contributed by atoms with Gasteiger partial charge in [0.15, 0.2) is 0 Å². The van der Waals surface area contributed by atoms with E-state index in [2.05, 4.69) is 0 Å². The lowest BCUT2D eigenvalue weighted by molar-refractivity contribution is -0.167. The van der Waals surface area contributed by atoms with E-state index in [1.54, 1.807) is 11.4 Å². The fourth-order valence-electron chi connectivity index (χ4n) is 1.50. The summed E-state index contributed by atoms with van der Waals surface area (Å²) >= 11 is 0.704. The predicted molar refractivity (Wildman–Crippen MR) is 70.9 cm³/mol. The van der Waals surface area contributed by atoms with Crippen LogP contribution in [0.1, 0.15) is 0 Å². The van der Waals surface area contributed by atoms with Gasteiger partial charge in [-0.2, -0.15) is 13.2 Å². The molecule has 0 saturated carbocycles. The van der Waals surface area contributed by atoms with Gasteiger partial charge < -0.3 is 5.32 Å². The first-order valence-corrected chi connectivity index (χ1v) is 7.85. The number of sulfone groups is 1. The molecule has 0 bridgehead atoms. The van der Waals surface area contributed by atoms with Gasteiger partial charge in [-0.15, -0.1) is 11.3 Å². The number of carbonyl (C=O) groups excluding carboxylic acids is 1. The number of thiophene rings is 1. The van der Waals surface area contributed by atoms with Crippen LogP contribution in [0.2, 0.25) is 0 Å². The third kappa shape index (κ3) is 3.24. The molecule has 0 aliphatic carbocycles. The lowest BCUT2D eigenvalue weighted by atomic mass is 10.4. The zero-order chi connectivity index (χ0) is 15.7. The molecule has 0 aliphatic heterocycles. The molecule has 0 atom stereocenters. The number of hydrogen-bond acceptors (Lipinski definition) is 4. The highest BCUT2D eigenvalue weighted by Crippen LogP contribution is 2.33. The van der Waals surface area contributed by atoms with Gasteiger partial charge in [0, 0.05) is 0 Å². The lowest BCUT2D eigenvalue weighted by Gasteiger charge is -2.09. The van der Waals surface area contributed by atoms with Crippen molar-refractivity contribution in [2.75, 3.05) is 5.32 Å². The van der Waals surface area contributed by atoms with Gasteiger partial charge in [0.1, 0.15) is 9.90 Å². The number of alkyl halides is 3. The Hall–Kier alpha value is -1.87. The molecule has 1 heterocycles. The van der Waals surface area contributed by atoms with Crippen LogP contribution >= 0.6 is 11.3 Å². The summed E-state index contributed by atoms with van der Waals surface area (Å²) in [6, 6.07) is 8.39. The average Bonchev–Trinajstić information content (AvgIpc) is 2.87. The molecule has 1 amide bonds. The summed E-state index contributed by atoms with van der Waals surface area (Å²) in [5.41, 5.74) is 0. The van der Waals surface area contributed by atoms with E-state index in [1.807, 2.05) is 0 Å². The summed E-state index contributed by atoms with van der Waals surface area (Å²) in [4.78, 5) is 10.5. The number of halogens is 3. The van der Waals surface area contributed by atoms with Crippen molar-refractivity contribution >= 4 is 32.1 Å². The molecule has 1 aromatic carbocycles. The zero-order valence-electron chi connectivity index (χ0n) is 10.2. The lowest BCUT2D eigenvalue weighted by Crippen LogP contribution is -2.30. The third-order valence-electron chi connectivity index (χ3n) is 2.46. The van der Waals surface area contributed by atoms with Gasteiger partial charge in [-0.05, 0) is 23.6 Å². The topological polar surface area (TPSA) is 63.2 Å². The molecule has 0 aliphatic rings. The third-order valence-corrected chi connectivity index (χ3v) is 5.23. The van der Waals surface area contributed by atoms with Gasteiger partial charge >= 0.3 is 12.1 Å². The smallest absolute Gasteiger partial charge is 0.309 e. The van der Waals surface area contributed by atoms with Gasteiger partial charge in [0.2, 0.25) is 9.84 Å². The Morgan fingerprint density at radius 1 is 1.10 bits per heavy atom. The maximum Gasteiger partial charge on any atom is 0.471 e. The van der Waals surface area contributed by atoms with Crippen LogP contribution in [0.25, 0.3) is 0 Å². The molecule has 112 valence electrons. The number of rotatable bonds is 3. The highest BCUT2D eigenvalue weighted by Gasteiger charge is 2.39. The number of hydrogen-bond donors (Lipinski definition) is 1. The number of benzene rings is 1. The van der Waals surface area contributed by atoms with Gasteiger partial charge in [-0.3, -0.25) is 4.79 Å². The second-order valence-electron chi connectivity index (χ2n) is 3.88. The monoisotopic (exact) mass is 335 g/mol. The number of carbonyl (C=O) groups is 1. The molecule has 21 heavy (non-hydrogen) atoms. The van der Waals surface area contributed by atoms with Crippen LogP contribution in [0.5, 0.6) is 0 Å². The normalized spacial score (nSPS) is 12.1. The Bertz CT molecular complexity index is 752. The number of anilines is 1. The van der Waals surface area contributed by atoms with Crippen molar-refractivity contribution in [3.63, 3.8) is 0 Å². The molecule has 0 radical (unpaired) electrons. The summed E-state index contributed by atoms with van der Waals surface area (Å²) in [6.07, 6.45) is -5.09. The van der Waals surface area contributed by atoms with Crippen molar-refractivity contribution in [3.05, 3.63) is 41.8 Å². The predicted octanol–water partition coefficient (Wildman–Crippen LogP) is 3.08. The average molecular weight is 335 g/mol. The van der Waals surface area contributed by atoms with E-state index in [4.69, 9.17) is 0 Å². The Morgan fingerprint density at radius 3 is 2.29 bits per heavy atom. The van der Waals surface area contributed by atoms with Crippen LogP contribution in [0, 0.1) is 0 Å². The first-order valence-electron chi connectivity index (χ1n) is 5.49. The van der Waals surface area contributed by atoms with Gasteiger partial charge in [-0.1, -0.05) is 18.2 Å². The van der Waals surface area contributed by atoms with Crippen molar-refractivity contribution in [1.29, 1.82) is 0 Å². The summed E-state index contributed by atoms with van der Waals surface area (Å²) in [6.45, 7) is 0. The summed E-state index contributed by atoms with van der Waals surface area (Å²) in [5.74, 6) is -2.21. The molecule has 2 aromatic rings. The molecule has 4 nitrogen and oxygen atoms in total. The molecule has 0 unspecified atom stereocenters. The Morgan fingerprint density at radius 2 is 1.71 bits per heavy atom. The molecule has 0 fully saturated rings. The van der Waals surface area contributed by atoms with Crippen LogP contribution in [0.15, 0.2) is 51.6 Å². The number of nitrogens with one attached hydrogen (secondary N) is 1. The maximum atomic E-state index is 12.3. The standard InChI is InChI=1S/C12H8F3NO3S2/c13-12(14,15)11(17)16-10-9(6-7-20-10)21(18,19)8-4-2-1-3-5-8/h1-7H,(H,16,17). The first-order chi connectivity index (χ1) is 9.73. The van der Waals surface area contributed by atoms with Crippen LogP contribution in [0.3, 0.4) is 0 Å². The van der Waals surface area contributed by atoms with Crippen LogP contribution < -0.4 is 5.32 Å². The zero-order valence-corrected chi connectivity index (χ0v) is 11.8. The second kappa shape index (κ2) is 5.49. The molecular weight excluding hydrogens is 327 g/mol. The van der Waals surface area contributed by atoms with Crippen molar-refractivity contribution < 1.29 is 26.4 Å². The first kappa shape index (κ1) is 15.5. The molecular formula is C12H8F3NO3S2. The van der Waals surface area contributed by atoms with Crippen molar-refractivity contribution in [2.45, 2.75) is 16.0 Å². The molecule has 9 heteroatoms.